The monoisotopic (exact) mass is 444 g/mol. The van der Waals surface area contributed by atoms with Crippen molar-refractivity contribution in [3.05, 3.63) is 93.8 Å². The summed E-state index contributed by atoms with van der Waals surface area (Å²) in [6.07, 6.45) is 7.87. The number of pyridine rings is 1. The number of halogens is 1. The molecular weight excluding hydrogens is 415 g/mol. The summed E-state index contributed by atoms with van der Waals surface area (Å²) in [5.41, 5.74) is 5.05. The lowest BCUT2D eigenvalue weighted by Crippen LogP contribution is -2.24. The number of nitrogens with zero attached hydrogens (tertiary/aromatic N) is 4. The first-order chi connectivity index (χ1) is 16.1. The van der Waals surface area contributed by atoms with Gasteiger partial charge in [0.25, 0.3) is 5.56 Å². The van der Waals surface area contributed by atoms with Crippen molar-refractivity contribution in [2.45, 2.75) is 39.2 Å². The molecule has 170 valence electrons. The van der Waals surface area contributed by atoms with Gasteiger partial charge in [-0.2, -0.15) is 5.10 Å². The summed E-state index contributed by atoms with van der Waals surface area (Å²) in [5.74, 6) is -0.231. The molecule has 0 bridgehead atoms. The molecule has 0 amide bonds. The van der Waals surface area contributed by atoms with Gasteiger partial charge >= 0.3 is 0 Å². The van der Waals surface area contributed by atoms with Crippen LogP contribution in [0.4, 0.5) is 4.39 Å². The van der Waals surface area contributed by atoms with E-state index in [-0.39, 0.29) is 11.4 Å². The maximum Gasteiger partial charge on any atom is 0.255 e. The molecule has 5 nitrogen and oxygen atoms in total. The Balaban J connectivity index is 1.34. The lowest BCUT2D eigenvalue weighted by atomic mass is 10.0. The summed E-state index contributed by atoms with van der Waals surface area (Å²) in [7, 11) is 0. The second-order valence-corrected chi connectivity index (χ2v) is 8.93. The van der Waals surface area contributed by atoms with Crippen molar-refractivity contribution >= 4 is 10.9 Å². The molecule has 0 N–H and O–H groups in total. The number of rotatable bonds is 7. The number of aromatic nitrogens is 3. The van der Waals surface area contributed by atoms with Crippen molar-refractivity contribution in [3.63, 3.8) is 0 Å². The minimum absolute atomic E-state index is 0.0459. The second-order valence-electron chi connectivity index (χ2n) is 8.93. The van der Waals surface area contributed by atoms with Crippen LogP contribution in [-0.2, 0) is 19.4 Å². The molecule has 0 radical (unpaired) electrons. The topological polar surface area (TPSA) is 43.1 Å². The van der Waals surface area contributed by atoms with E-state index >= 15 is 0 Å². The molecule has 5 rings (SSSR count). The predicted octanol–water partition coefficient (Wildman–Crippen LogP) is 4.52. The zero-order valence-corrected chi connectivity index (χ0v) is 19.0. The van der Waals surface area contributed by atoms with Crippen LogP contribution in [0.25, 0.3) is 16.6 Å². The van der Waals surface area contributed by atoms with Gasteiger partial charge in [0.15, 0.2) is 0 Å². The molecule has 0 spiro atoms. The molecule has 1 fully saturated rings. The molecule has 0 aliphatic carbocycles. The van der Waals surface area contributed by atoms with Crippen LogP contribution >= 0.6 is 0 Å². The molecule has 0 saturated carbocycles. The van der Waals surface area contributed by atoms with Crippen molar-refractivity contribution < 1.29 is 4.39 Å². The number of benzene rings is 2. The molecule has 0 unspecified atom stereocenters. The molecule has 1 aliphatic heterocycles. The average Bonchev–Trinajstić information content (AvgIpc) is 3.48. The fourth-order valence-electron chi connectivity index (χ4n) is 4.78. The van der Waals surface area contributed by atoms with Gasteiger partial charge in [-0.1, -0.05) is 12.1 Å². The van der Waals surface area contributed by atoms with Gasteiger partial charge in [-0.15, -0.1) is 0 Å². The van der Waals surface area contributed by atoms with E-state index in [0.29, 0.717) is 0 Å². The van der Waals surface area contributed by atoms with Gasteiger partial charge < -0.3 is 4.90 Å². The molecule has 1 aliphatic rings. The van der Waals surface area contributed by atoms with Gasteiger partial charge in [-0.25, -0.2) is 4.39 Å². The zero-order valence-electron chi connectivity index (χ0n) is 19.0. The molecule has 3 heterocycles. The van der Waals surface area contributed by atoms with Gasteiger partial charge in [0.1, 0.15) is 5.82 Å². The van der Waals surface area contributed by atoms with Crippen molar-refractivity contribution in [2.24, 2.45) is 0 Å². The Hall–Kier alpha value is -3.25. The van der Waals surface area contributed by atoms with E-state index < -0.39 is 0 Å². The summed E-state index contributed by atoms with van der Waals surface area (Å²) in [6.45, 7) is 6.33. The Labute approximate surface area is 193 Å². The Morgan fingerprint density at radius 3 is 2.45 bits per heavy atom. The van der Waals surface area contributed by atoms with Crippen LogP contribution in [0.5, 0.6) is 0 Å². The van der Waals surface area contributed by atoms with E-state index in [1.807, 2.05) is 24.5 Å². The van der Waals surface area contributed by atoms with Gasteiger partial charge in [0, 0.05) is 24.2 Å². The second kappa shape index (κ2) is 9.32. The highest BCUT2D eigenvalue weighted by atomic mass is 19.1. The summed E-state index contributed by atoms with van der Waals surface area (Å²) < 4.78 is 16.9. The van der Waals surface area contributed by atoms with E-state index in [9.17, 15) is 9.18 Å². The van der Waals surface area contributed by atoms with Crippen LogP contribution in [0.3, 0.4) is 0 Å². The highest BCUT2D eigenvalue weighted by Gasteiger charge is 2.14. The molecular formula is C27H29FN4O. The van der Waals surface area contributed by atoms with E-state index in [0.717, 1.165) is 59.2 Å². The smallest absolute Gasteiger partial charge is 0.255 e. The number of hydrogen-bond acceptors (Lipinski definition) is 3. The molecule has 1 saturated heterocycles. The maximum absolute atomic E-state index is 13.1. The number of aryl methyl sites for hydroxylation is 3. The Bertz CT molecular complexity index is 1320. The molecule has 0 atom stereocenters. The zero-order chi connectivity index (χ0) is 22.8. The lowest BCUT2D eigenvalue weighted by molar-refractivity contribution is 0.318. The third-order valence-corrected chi connectivity index (χ3v) is 6.75. The van der Waals surface area contributed by atoms with Crippen LogP contribution < -0.4 is 5.56 Å². The van der Waals surface area contributed by atoms with E-state index in [2.05, 4.69) is 27.7 Å². The highest BCUT2D eigenvalue weighted by Crippen LogP contribution is 2.24. The summed E-state index contributed by atoms with van der Waals surface area (Å²) in [4.78, 5) is 15.4. The van der Waals surface area contributed by atoms with Crippen molar-refractivity contribution in [1.82, 2.24) is 19.2 Å². The standard InChI is InChI=1S/C27H29FN4O/c1-20-24-19-29-32(17-16-30-13-2-3-14-30)26(24)11-10-25(20)31-15-12-22(18-27(31)33)5-4-21-6-8-23(28)9-7-21/h6-12,15,18-19H,2-5,13-14,16-17H2,1H3. The largest absolute Gasteiger partial charge is 0.301 e. The predicted molar refractivity (Wildman–Crippen MR) is 130 cm³/mol. The third kappa shape index (κ3) is 4.62. The molecule has 2 aromatic heterocycles. The number of fused-ring (bicyclic) bond motifs is 1. The van der Waals surface area contributed by atoms with Gasteiger partial charge in [0.05, 0.1) is 23.9 Å². The van der Waals surface area contributed by atoms with Crippen LogP contribution in [0.15, 0.2) is 65.7 Å². The number of hydrogen-bond donors (Lipinski definition) is 0. The van der Waals surface area contributed by atoms with Gasteiger partial charge in [-0.3, -0.25) is 14.0 Å². The molecule has 4 aromatic rings. The maximum atomic E-state index is 13.1. The Morgan fingerprint density at radius 1 is 0.939 bits per heavy atom. The lowest BCUT2D eigenvalue weighted by Gasteiger charge is -2.15. The summed E-state index contributed by atoms with van der Waals surface area (Å²) in [5, 5.41) is 5.71. The van der Waals surface area contributed by atoms with Crippen LogP contribution in [0.2, 0.25) is 0 Å². The summed E-state index contributed by atoms with van der Waals surface area (Å²) in [6, 6.07) is 14.3. The molecule has 2 aromatic carbocycles. The quantitative estimate of drug-likeness (QED) is 0.421. The molecule has 33 heavy (non-hydrogen) atoms. The normalized spacial score (nSPS) is 14.4. The first kappa shape index (κ1) is 21.6. The fraction of sp³-hybridized carbons (Fsp3) is 0.333. The van der Waals surface area contributed by atoms with Crippen LogP contribution in [-0.4, -0.2) is 38.9 Å². The minimum atomic E-state index is -0.231. The Morgan fingerprint density at radius 2 is 1.70 bits per heavy atom. The van der Waals surface area contributed by atoms with Gasteiger partial charge in [0.2, 0.25) is 0 Å². The first-order valence-corrected chi connectivity index (χ1v) is 11.7. The van der Waals surface area contributed by atoms with Crippen molar-refractivity contribution in [2.75, 3.05) is 19.6 Å². The highest BCUT2D eigenvalue weighted by molar-refractivity contribution is 5.85. The summed E-state index contributed by atoms with van der Waals surface area (Å²) >= 11 is 0. The minimum Gasteiger partial charge on any atom is -0.301 e. The molecule has 6 heteroatoms. The van der Waals surface area contributed by atoms with E-state index in [1.165, 1.54) is 38.1 Å². The fourth-order valence-corrected chi connectivity index (χ4v) is 4.78. The van der Waals surface area contributed by atoms with E-state index in [1.54, 1.807) is 22.8 Å². The average molecular weight is 445 g/mol. The van der Waals surface area contributed by atoms with Crippen LogP contribution in [0, 0.1) is 12.7 Å². The third-order valence-electron chi connectivity index (χ3n) is 6.75. The first-order valence-electron chi connectivity index (χ1n) is 11.7. The van der Waals surface area contributed by atoms with Crippen molar-refractivity contribution in [1.29, 1.82) is 0 Å². The van der Waals surface area contributed by atoms with Gasteiger partial charge in [-0.05, 0) is 92.7 Å². The number of likely N-dealkylation sites (tertiary alicyclic amines) is 1. The van der Waals surface area contributed by atoms with Crippen molar-refractivity contribution in [3.8, 4) is 5.69 Å². The van der Waals surface area contributed by atoms with Crippen LogP contribution in [0.1, 0.15) is 29.5 Å². The SMILES string of the molecule is Cc1c(-n2ccc(CCc3ccc(F)cc3)cc2=O)ccc2c1cnn2CCN1CCCC1. The Kier molecular flexibility index (Phi) is 6.09. The van der Waals surface area contributed by atoms with E-state index in [4.69, 9.17) is 0 Å².